The Balaban J connectivity index is 2.30. The standard InChI is InChI=1S/C11H6BrF3N2/c12-6-1-3-7(4-2-6)16-11-9(14)5-8(13)10(15)17-11/h1-5H,(H,16,17). The van der Waals surface area contributed by atoms with Gasteiger partial charge in [-0.1, -0.05) is 15.9 Å². The summed E-state index contributed by atoms with van der Waals surface area (Å²) in [7, 11) is 0. The lowest BCUT2D eigenvalue weighted by Crippen LogP contribution is -2.01. The molecule has 0 aliphatic heterocycles. The van der Waals surface area contributed by atoms with Crippen LogP contribution in [0.3, 0.4) is 0 Å². The number of nitrogens with one attached hydrogen (secondary N) is 1. The molecule has 6 heteroatoms. The molecule has 0 saturated carbocycles. The van der Waals surface area contributed by atoms with Crippen LogP contribution in [0.2, 0.25) is 0 Å². The third kappa shape index (κ3) is 2.76. The van der Waals surface area contributed by atoms with Crippen LogP contribution < -0.4 is 5.32 Å². The molecule has 0 spiro atoms. The van der Waals surface area contributed by atoms with E-state index in [-0.39, 0.29) is 5.82 Å². The summed E-state index contributed by atoms with van der Waals surface area (Å²) < 4.78 is 39.6. The number of pyridine rings is 1. The van der Waals surface area contributed by atoms with Crippen molar-refractivity contribution in [2.45, 2.75) is 0 Å². The average molecular weight is 303 g/mol. The van der Waals surface area contributed by atoms with Crippen molar-refractivity contribution in [3.05, 3.63) is 52.4 Å². The minimum Gasteiger partial charge on any atom is -0.338 e. The maximum Gasteiger partial charge on any atom is 0.251 e. The minimum atomic E-state index is -1.34. The number of anilines is 2. The minimum absolute atomic E-state index is 0.355. The van der Waals surface area contributed by atoms with Crippen LogP contribution in [-0.2, 0) is 0 Å². The Kier molecular flexibility index (Phi) is 3.33. The molecule has 0 radical (unpaired) electrons. The molecule has 88 valence electrons. The van der Waals surface area contributed by atoms with Gasteiger partial charge in [-0.25, -0.2) is 8.78 Å². The molecule has 17 heavy (non-hydrogen) atoms. The molecule has 0 unspecified atom stereocenters. The van der Waals surface area contributed by atoms with E-state index in [4.69, 9.17) is 0 Å². The van der Waals surface area contributed by atoms with Gasteiger partial charge < -0.3 is 5.32 Å². The Morgan fingerprint density at radius 1 is 1.00 bits per heavy atom. The first kappa shape index (κ1) is 11.9. The highest BCUT2D eigenvalue weighted by Gasteiger charge is 2.11. The number of halogens is 4. The molecule has 0 atom stereocenters. The summed E-state index contributed by atoms with van der Waals surface area (Å²) in [6.07, 6.45) is 0. The van der Waals surface area contributed by atoms with Crippen LogP contribution in [0.4, 0.5) is 24.7 Å². The highest BCUT2D eigenvalue weighted by atomic mass is 79.9. The number of aromatic nitrogens is 1. The Bertz CT molecular complexity index is 543. The first-order valence-corrected chi connectivity index (χ1v) is 5.39. The van der Waals surface area contributed by atoms with Gasteiger partial charge >= 0.3 is 0 Å². The third-order valence-electron chi connectivity index (χ3n) is 1.99. The van der Waals surface area contributed by atoms with Gasteiger partial charge in [0.15, 0.2) is 17.5 Å². The molecule has 0 aliphatic carbocycles. The van der Waals surface area contributed by atoms with E-state index in [2.05, 4.69) is 26.2 Å². The first-order valence-electron chi connectivity index (χ1n) is 4.60. The number of benzene rings is 1. The van der Waals surface area contributed by atoms with Gasteiger partial charge in [0.2, 0.25) is 0 Å². The van der Waals surface area contributed by atoms with Gasteiger partial charge in [0.25, 0.3) is 5.95 Å². The van der Waals surface area contributed by atoms with Crippen molar-refractivity contribution in [2.75, 3.05) is 5.32 Å². The predicted molar refractivity (Wildman–Crippen MR) is 61.5 cm³/mol. The van der Waals surface area contributed by atoms with Gasteiger partial charge in [0, 0.05) is 16.2 Å². The van der Waals surface area contributed by atoms with Crippen LogP contribution in [0.1, 0.15) is 0 Å². The van der Waals surface area contributed by atoms with Crippen LogP contribution in [-0.4, -0.2) is 4.98 Å². The number of hydrogen-bond acceptors (Lipinski definition) is 2. The molecule has 1 aromatic heterocycles. The maximum absolute atomic E-state index is 13.3. The molecule has 2 aromatic rings. The van der Waals surface area contributed by atoms with E-state index < -0.39 is 17.6 Å². The van der Waals surface area contributed by atoms with Crippen LogP contribution >= 0.6 is 15.9 Å². The summed E-state index contributed by atoms with van der Waals surface area (Å²) >= 11 is 3.24. The van der Waals surface area contributed by atoms with Gasteiger partial charge in [0.1, 0.15) is 0 Å². The highest BCUT2D eigenvalue weighted by Crippen LogP contribution is 2.21. The van der Waals surface area contributed by atoms with Gasteiger partial charge in [0.05, 0.1) is 0 Å². The summed E-state index contributed by atoms with van der Waals surface area (Å²) in [4.78, 5) is 3.15. The van der Waals surface area contributed by atoms with Crippen molar-refractivity contribution in [1.82, 2.24) is 4.98 Å². The molecule has 1 heterocycles. The van der Waals surface area contributed by atoms with Crippen molar-refractivity contribution >= 4 is 27.4 Å². The zero-order valence-corrected chi connectivity index (χ0v) is 9.93. The second-order valence-corrected chi connectivity index (χ2v) is 4.14. The van der Waals surface area contributed by atoms with Crippen molar-refractivity contribution in [3.63, 3.8) is 0 Å². The molecular formula is C11H6BrF3N2. The van der Waals surface area contributed by atoms with Crippen molar-refractivity contribution in [2.24, 2.45) is 0 Å². The van der Waals surface area contributed by atoms with Crippen molar-refractivity contribution in [1.29, 1.82) is 0 Å². The predicted octanol–water partition coefficient (Wildman–Crippen LogP) is 4.01. The Morgan fingerprint density at radius 3 is 2.29 bits per heavy atom. The Labute approximate surface area is 104 Å². The summed E-state index contributed by atoms with van der Waals surface area (Å²) in [5.74, 6) is -3.96. The number of rotatable bonds is 2. The van der Waals surface area contributed by atoms with Gasteiger partial charge in [-0.15, -0.1) is 0 Å². The van der Waals surface area contributed by atoms with Crippen molar-refractivity contribution in [3.8, 4) is 0 Å². The summed E-state index contributed by atoms with van der Waals surface area (Å²) in [6.45, 7) is 0. The lowest BCUT2D eigenvalue weighted by atomic mass is 10.3. The maximum atomic E-state index is 13.3. The first-order chi connectivity index (χ1) is 8.06. The summed E-state index contributed by atoms with van der Waals surface area (Å²) in [6, 6.07) is 7.18. The fourth-order valence-electron chi connectivity index (χ4n) is 1.20. The Morgan fingerprint density at radius 2 is 1.65 bits per heavy atom. The largest absolute Gasteiger partial charge is 0.338 e. The molecule has 2 nitrogen and oxygen atoms in total. The van der Waals surface area contributed by atoms with E-state index in [1.165, 1.54) is 0 Å². The SMILES string of the molecule is Fc1cc(F)c(Nc2ccc(Br)cc2)nc1F. The van der Waals surface area contributed by atoms with E-state index >= 15 is 0 Å². The fraction of sp³-hybridized carbons (Fsp3) is 0. The van der Waals surface area contributed by atoms with Crippen LogP contribution in [0, 0.1) is 17.6 Å². The normalized spacial score (nSPS) is 10.4. The van der Waals surface area contributed by atoms with Gasteiger partial charge in [-0.05, 0) is 24.3 Å². The quantitative estimate of drug-likeness (QED) is 0.848. The molecule has 1 N–H and O–H groups in total. The van der Waals surface area contributed by atoms with Crippen molar-refractivity contribution < 1.29 is 13.2 Å². The monoisotopic (exact) mass is 302 g/mol. The molecule has 0 fully saturated rings. The molecule has 0 amide bonds. The lowest BCUT2D eigenvalue weighted by Gasteiger charge is -2.06. The van der Waals surface area contributed by atoms with E-state index in [9.17, 15) is 13.2 Å². The molecular weight excluding hydrogens is 297 g/mol. The van der Waals surface area contributed by atoms with Gasteiger partial charge in [-0.2, -0.15) is 9.37 Å². The van der Waals surface area contributed by atoms with E-state index in [1.807, 2.05) is 0 Å². The van der Waals surface area contributed by atoms with Crippen LogP contribution in [0.15, 0.2) is 34.8 Å². The number of hydrogen-bond donors (Lipinski definition) is 1. The lowest BCUT2D eigenvalue weighted by molar-refractivity contribution is 0.467. The summed E-state index contributed by atoms with van der Waals surface area (Å²) in [5.41, 5.74) is 0.519. The molecule has 2 rings (SSSR count). The molecule has 0 aliphatic rings. The zero-order chi connectivity index (χ0) is 12.4. The van der Waals surface area contributed by atoms with Crippen LogP contribution in [0.25, 0.3) is 0 Å². The highest BCUT2D eigenvalue weighted by molar-refractivity contribution is 9.10. The molecule has 1 aromatic carbocycles. The van der Waals surface area contributed by atoms with E-state index in [0.717, 1.165) is 4.47 Å². The van der Waals surface area contributed by atoms with E-state index in [0.29, 0.717) is 11.8 Å². The zero-order valence-electron chi connectivity index (χ0n) is 8.35. The topological polar surface area (TPSA) is 24.9 Å². The van der Waals surface area contributed by atoms with Crippen LogP contribution in [0.5, 0.6) is 0 Å². The van der Waals surface area contributed by atoms with Gasteiger partial charge in [-0.3, -0.25) is 0 Å². The average Bonchev–Trinajstić information content (AvgIpc) is 2.29. The smallest absolute Gasteiger partial charge is 0.251 e. The number of nitrogens with zero attached hydrogens (tertiary/aromatic N) is 1. The fourth-order valence-corrected chi connectivity index (χ4v) is 1.47. The molecule has 0 saturated heterocycles. The second kappa shape index (κ2) is 4.75. The van der Waals surface area contributed by atoms with E-state index in [1.54, 1.807) is 24.3 Å². The molecule has 0 bridgehead atoms. The third-order valence-corrected chi connectivity index (χ3v) is 2.52. The summed E-state index contributed by atoms with van der Waals surface area (Å²) in [5, 5.41) is 2.55. The second-order valence-electron chi connectivity index (χ2n) is 3.22. The Hall–Kier alpha value is -1.56.